The first-order chi connectivity index (χ1) is 9.11. The maximum Gasteiger partial charge on any atom is 0.329 e. The first kappa shape index (κ1) is 12.9. The number of piperidine rings is 1. The van der Waals surface area contributed by atoms with Gasteiger partial charge in [0, 0.05) is 13.6 Å². The van der Waals surface area contributed by atoms with E-state index >= 15 is 0 Å². The quantitative estimate of drug-likeness (QED) is 0.871. The van der Waals surface area contributed by atoms with Crippen LogP contribution in [0.15, 0.2) is 21.4 Å². The molecule has 1 aromatic carbocycles. The highest BCUT2D eigenvalue weighted by atomic mass is 79.9. The summed E-state index contributed by atoms with van der Waals surface area (Å²) in [6, 6.07) is 3.23. The molecule has 2 heterocycles. The van der Waals surface area contributed by atoms with Gasteiger partial charge < -0.3 is 5.32 Å². The van der Waals surface area contributed by atoms with Gasteiger partial charge in [0.05, 0.1) is 21.5 Å². The van der Waals surface area contributed by atoms with Crippen LogP contribution in [0.3, 0.4) is 0 Å². The van der Waals surface area contributed by atoms with Crippen molar-refractivity contribution in [2.24, 2.45) is 7.05 Å². The molecule has 0 aliphatic carbocycles. The fraction of sp³-hybridized carbons (Fsp3) is 0.462. The summed E-state index contributed by atoms with van der Waals surface area (Å²) in [6.45, 7) is 1.78. The molecular weight excluding hydrogens is 313 g/mol. The van der Waals surface area contributed by atoms with Gasteiger partial charge in [0.25, 0.3) is 0 Å². The molecule has 0 amide bonds. The monoisotopic (exact) mass is 327 g/mol. The van der Waals surface area contributed by atoms with Crippen molar-refractivity contribution in [3.05, 3.63) is 32.9 Å². The van der Waals surface area contributed by atoms with Crippen LogP contribution in [0.1, 0.15) is 18.9 Å². The molecule has 1 saturated heterocycles. The summed E-state index contributed by atoms with van der Waals surface area (Å²) in [6.07, 6.45) is 2.02. The SMILES string of the molecule is Cn1c(=O)n(C2CCCNC2)c2ccc(F)c(Br)c21. The number of aromatic nitrogens is 2. The third-order valence-electron chi connectivity index (χ3n) is 3.77. The number of hydrogen-bond acceptors (Lipinski definition) is 2. The van der Waals surface area contributed by atoms with Crippen molar-refractivity contribution >= 4 is 27.0 Å². The van der Waals surface area contributed by atoms with E-state index in [4.69, 9.17) is 0 Å². The molecule has 0 radical (unpaired) electrons. The summed E-state index contributed by atoms with van der Waals surface area (Å²) in [5, 5.41) is 3.31. The zero-order valence-electron chi connectivity index (χ0n) is 10.6. The van der Waals surface area contributed by atoms with Gasteiger partial charge in [0.1, 0.15) is 5.82 Å². The van der Waals surface area contributed by atoms with Gasteiger partial charge in [-0.05, 0) is 47.4 Å². The Morgan fingerprint density at radius 1 is 1.47 bits per heavy atom. The summed E-state index contributed by atoms with van der Waals surface area (Å²) in [4.78, 5) is 12.4. The third-order valence-corrected chi connectivity index (χ3v) is 4.53. The average Bonchev–Trinajstić information content (AvgIpc) is 2.68. The van der Waals surface area contributed by atoms with Crippen LogP contribution < -0.4 is 11.0 Å². The second-order valence-electron chi connectivity index (χ2n) is 4.94. The molecule has 1 aromatic heterocycles. The molecule has 1 aliphatic rings. The molecule has 1 aliphatic heterocycles. The number of nitrogens with zero attached hydrogens (tertiary/aromatic N) is 2. The molecule has 0 spiro atoms. The minimum Gasteiger partial charge on any atom is -0.315 e. The van der Waals surface area contributed by atoms with Crippen LogP contribution >= 0.6 is 15.9 Å². The first-order valence-electron chi connectivity index (χ1n) is 6.37. The Morgan fingerprint density at radius 3 is 2.95 bits per heavy atom. The molecular formula is C13H15BrFN3O. The zero-order chi connectivity index (χ0) is 13.6. The molecule has 3 rings (SSSR count). The number of rotatable bonds is 1. The van der Waals surface area contributed by atoms with E-state index in [1.165, 1.54) is 10.6 Å². The van der Waals surface area contributed by atoms with Crippen LogP contribution in [0.5, 0.6) is 0 Å². The van der Waals surface area contributed by atoms with Crippen molar-refractivity contribution in [3.63, 3.8) is 0 Å². The maximum absolute atomic E-state index is 13.6. The number of aryl methyl sites for hydroxylation is 1. The van der Waals surface area contributed by atoms with Gasteiger partial charge in [0.15, 0.2) is 0 Å². The van der Waals surface area contributed by atoms with E-state index in [0.717, 1.165) is 31.4 Å². The standard InChI is InChI=1S/C13H15BrFN3O/c1-17-12-10(5-4-9(15)11(12)14)18(13(17)19)8-3-2-6-16-7-8/h4-5,8,16H,2-3,6-7H2,1H3. The molecule has 102 valence electrons. The number of benzene rings is 1. The van der Waals surface area contributed by atoms with Gasteiger partial charge in [-0.2, -0.15) is 0 Å². The van der Waals surface area contributed by atoms with E-state index in [0.29, 0.717) is 9.99 Å². The van der Waals surface area contributed by atoms with Crippen LogP contribution in [0.2, 0.25) is 0 Å². The summed E-state index contributed by atoms with van der Waals surface area (Å²) in [5.41, 5.74) is 1.32. The minimum absolute atomic E-state index is 0.0880. The Kier molecular flexibility index (Phi) is 3.22. The predicted octanol–water partition coefficient (Wildman–Crippen LogP) is 2.17. The van der Waals surface area contributed by atoms with Crippen molar-refractivity contribution in [3.8, 4) is 0 Å². The predicted molar refractivity (Wildman–Crippen MR) is 76.0 cm³/mol. The van der Waals surface area contributed by atoms with Crippen LogP contribution in [-0.2, 0) is 7.05 Å². The number of hydrogen-bond donors (Lipinski definition) is 1. The highest BCUT2D eigenvalue weighted by molar-refractivity contribution is 9.10. The Labute approximate surface area is 118 Å². The summed E-state index contributed by atoms with van der Waals surface area (Å²) in [7, 11) is 1.68. The summed E-state index contributed by atoms with van der Waals surface area (Å²) < 4.78 is 17.3. The fourth-order valence-electron chi connectivity index (χ4n) is 2.81. The second kappa shape index (κ2) is 4.76. The topological polar surface area (TPSA) is 39.0 Å². The van der Waals surface area contributed by atoms with Crippen LogP contribution in [0.4, 0.5) is 4.39 Å². The lowest BCUT2D eigenvalue weighted by Crippen LogP contribution is -2.36. The van der Waals surface area contributed by atoms with E-state index in [9.17, 15) is 9.18 Å². The third kappa shape index (κ3) is 1.94. The molecule has 1 atom stereocenters. The molecule has 19 heavy (non-hydrogen) atoms. The Morgan fingerprint density at radius 2 is 2.26 bits per heavy atom. The van der Waals surface area contributed by atoms with Gasteiger partial charge in [-0.1, -0.05) is 0 Å². The number of imidazole rings is 1. The molecule has 4 nitrogen and oxygen atoms in total. The normalized spacial score (nSPS) is 20.1. The fourth-order valence-corrected chi connectivity index (χ4v) is 3.41. The van der Waals surface area contributed by atoms with Crippen molar-refractivity contribution < 1.29 is 4.39 Å². The van der Waals surface area contributed by atoms with Crippen LogP contribution in [0.25, 0.3) is 11.0 Å². The minimum atomic E-state index is -0.345. The average molecular weight is 328 g/mol. The van der Waals surface area contributed by atoms with Gasteiger partial charge >= 0.3 is 5.69 Å². The number of fused-ring (bicyclic) bond motifs is 1. The lowest BCUT2D eigenvalue weighted by Gasteiger charge is -2.24. The molecule has 1 unspecified atom stereocenters. The lowest BCUT2D eigenvalue weighted by molar-refractivity contribution is 0.369. The van der Waals surface area contributed by atoms with E-state index in [-0.39, 0.29) is 17.5 Å². The van der Waals surface area contributed by atoms with Gasteiger partial charge in [-0.3, -0.25) is 9.13 Å². The first-order valence-corrected chi connectivity index (χ1v) is 7.16. The van der Waals surface area contributed by atoms with Crippen molar-refractivity contribution in [1.82, 2.24) is 14.5 Å². The molecule has 6 heteroatoms. The molecule has 2 aromatic rings. The van der Waals surface area contributed by atoms with Crippen molar-refractivity contribution in [2.75, 3.05) is 13.1 Å². The Hall–Kier alpha value is -1.14. The van der Waals surface area contributed by atoms with Gasteiger partial charge in [-0.25, -0.2) is 9.18 Å². The summed E-state index contributed by atoms with van der Waals surface area (Å²) >= 11 is 3.24. The highest BCUT2D eigenvalue weighted by Crippen LogP contribution is 2.28. The lowest BCUT2D eigenvalue weighted by atomic mass is 10.1. The van der Waals surface area contributed by atoms with Crippen molar-refractivity contribution in [2.45, 2.75) is 18.9 Å². The molecule has 0 saturated carbocycles. The second-order valence-corrected chi connectivity index (χ2v) is 5.73. The van der Waals surface area contributed by atoms with E-state index < -0.39 is 0 Å². The highest BCUT2D eigenvalue weighted by Gasteiger charge is 2.23. The smallest absolute Gasteiger partial charge is 0.315 e. The maximum atomic E-state index is 13.6. The van der Waals surface area contributed by atoms with E-state index in [1.54, 1.807) is 17.7 Å². The van der Waals surface area contributed by atoms with Crippen LogP contribution in [0, 0.1) is 5.82 Å². The Balaban J connectivity index is 2.27. The zero-order valence-corrected chi connectivity index (χ0v) is 12.2. The van der Waals surface area contributed by atoms with Gasteiger partial charge in [-0.15, -0.1) is 0 Å². The van der Waals surface area contributed by atoms with E-state index in [1.807, 2.05) is 0 Å². The van der Waals surface area contributed by atoms with Crippen molar-refractivity contribution in [1.29, 1.82) is 0 Å². The summed E-state index contributed by atoms with van der Waals surface area (Å²) in [5.74, 6) is -0.345. The molecule has 0 bridgehead atoms. The number of halogens is 2. The van der Waals surface area contributed by atoms with Gasteiger partial charge in [0.2, 0.25) is 0 Å². The van der Waals surface area contributed by atoms with E-state index in [2.05, 4.69) is 21.2 Å². The largest absolute Gasteiger partial charge is 0.329 e. The molecule has 1 N–H and O–H groups in total. The molecule has 1 fully saturated rings. The van der Waals surface area contributed by atoms with Crippen LogP contribution in [-0.4, -0.2) is 22.2 Å². The number of nitrogens with one attached hydrogen (secondary N) is 1. The Bertz CT molecular complexity index is 685.